The molecule has 0 aromatic carbocycles. The summed E-state index contributed by atoms with van der Waals surface area (Å²) in [5, 5.41) is 7.22. The standard InChI is InChI=1S/C12H13Cl2N3O3S/c1-2-20-12(19)8-6-21-4-3-17(8)11(18)7-5-9(13)15-16-10(7)14/h5,8H,2-4,6H2,1H3. The van der Waals surface area contributed by atoms with Gasteiger partial charge in [0.25, 0.3) is 5.91 Å². The highest BCUT2D eigenvalue weighted by molar-refractivity contribution is 7.99. The average molecular weight is 350 g/mol. The van der Waals surface area contributed by atoms with Crippen LogP contribution < -0.4 is 0 Å². The molecule has 1 unspecified atom stereocenters. The molecule has 1 atom stereocenters. The van der Waals surface area contributed by atoms with Gasteiger partial charge in [0, 0.05) is 18.1 Å². The van der Waals surface area contributed by atoms with E-state index in [1.807, 2.05) is 0 Å². The third-order valence-corrected chi connectivity index (χ3v) is 4.38. The van der Waals surface area contributed by atoms with Crippen LogP contribution in [0.3, 0.4) is 0 Å². The van der Waals surface area contributed by atoms with Gasteiger partial charge in [0.2, 0.25) is 0 Å². The highest BCUT2D eigenvalue weighted by atomic mass is 35.5. The smallest absolute Gasteiger partial charge is 0.329 e. The van der Waals surface area contributed by atoms with E-state index in [1.54, 1.807) is 18.7 Å². The fraction of sp³-hybridized carbons (Fsp3) is 0.500. The molecule has 0 bridgehead atoms. The van der Waals surface area contributed by atoms with Crippen molar-refractivity contribution in [3.63, 3.8) is 0 Å². The number of rotatable bonds is 3. The van der Waals surface area contributed by atoms with Crippen molar-refractivity contribution in [2.75, 3.05) is 24.7 Å². The number of carbonyl (C=O) groups is 2. The van der Waals surface area contributed by atoms with Crippen molar-refractivity contribution in [1.29, 1.82) is 0 Å². The number of hydrogen-bond donors (Lipinski definition) is 0. The number of halogens is 2. The first kappa shape index (κ1) is 16.3. The summed E-state index contributed by atoms with van der Waals surface area (Å²) in [5.74, 6) is 0.428. The first-order valence-electron chi connectivity index (χ1n) is 6.28. The van der Waals surface area contributed by atoms with Crippen molar-refractivity contribution in [2.45, 2.75) is 13.0 Å². The number of nitrogens with zero attached hydrogens (tertiary/aromatic N) is 3. The maximum absolute atomic E-state index is 12.6. The lowest BCUT2D eigenvalue weighted by Gasteiger charge is -2.33. The normalized spacial score (nSPS) is 18.4. The second kappa shape index (κ2) is 7.29. The number of aromatic nitrogens is 2. The van der Waals surface area contributed by atoms with Crippen LogP contribution in [0.5, 0.6) is 0 Å². The number of hydrogen-bond acceptors (Lipinski definition) is 6. The van der Waals surface area contributed by atoms with Crippen LogP contribution in [0.15, 0.2) is 6.07 Å². The van der Waals surface area contributed by atoms with Crippen molar-refractivity contribution in [3.05, 3.63) is 21.9 Å². The van der Waals surface area contributed by atoms with Gasteiger partial charge in [0.15, 0.2) is 10.3 Å². The molecule has 1 aliphatic heterocycles. The topological polar surface area (TPSA) is 72.4 Å². The van der Waals surface area contributed by atoms with E-state index in [4.69, 9.17) is 27.9 Å². The summed E-state index contributed by atoms with van der Waals surface area (Å²) >= 11 is 13.2. The Balaban J connectivity index is 2.26. The first-order chi connectivity index (χ1) is 10.0. The number of amides is 1. The van der Waals surface area contributed by atoms with E-state index in [0.29, 0.717) is 12.3 Å². The van der Waals surface area contributed by atoms with Gasteiger partial charge in [-0.2, -0.15) is 11.8 Å². The predicted octanol–water partition coefficient (Wildman–Crippen LogP) is 1.90. The Bertz CT molecular complexity index is 559. The summed E-state index contributed by atoms with van der Waals surface area (Å²) in [6, 6.07) is 0.725. The lowest BCUT2D eigenvalue weighted by atomic mass is 10.2. The van der Waals surface area contributed by atoms with Crippen molar-refractivity contribution < 1.29 is 14.3 Å². The largest absolute Gasteiger partial charge is 0.464 e. The van der Waals surface area contributed by atoms with Gasteiger partial charge in [-0.1, -0.05) is 23.2 Å². The van der Waals surface area contributed by atoms with Crippen LogP contribution in [0.4, 0.5) is 0 Å². The Kier molecular flexibility index (Phi) is 5.66. The van der Waals surface area contributed by atoms with Crippen LogP contribution in [-0.4, -0.2) is 57.7 Å². The summed E-state index contributed by atoms with van der Waals surface area (Å²) in [5.41, 5.74) is 0.137. The minimum atomic E-state index is -0.626. The summed E-state index contributed by atoms with van der Waals surface area (Å²) < 4.78 is 5.02. The highest BCUT2D eigenvalue weighted by Crippen LogP contribution is 2.23. The quantitative estimate of drug-likeness (QED) is 0.776. The number of esters is 1. The second-order valence-electron chi connectivity index (χ2n) is 4.21. The third kappa shape index (κ3) is 3.78. The first-order valence-corrected chi connectivity index (χ1v) is 8.19. The second-order valence-corrected chi connectivity index (χ2v) is 6.11. The summed E-state index contributed by atoms with van der Waals surface area (Å²) in [7, 11) is 0. The van der Waals surface area contributed by atoms with E-state index in [1.165, 1.54) is 11.0 Å². The lowest BCUT2D eigenvalue weighted by Crippen LogP contribution is -2.51. The highest BCUT2D eigenvalue weighted by Gasteiger charge is 2.35. The van der Waals surface area contributed by atoms with Crippen molar-refractivity contribution in [1.82, 2.24) is 15.1 Å². The van der Waals surface area contributed by atoms with Gasteiger partial charge in [0.1, 0.15) is 6.04 Å². The van der Waals surface area contributed by atoms with Gasteiger partial charge in [-0.15, -0.1) is 10.2 Å². The van der Waals surface area contributed by atoms with Gasteiger partial charge in [-0.3, -0.25) is 4.79 Å². The minimum absolute atomic E-state index is 0.0368. The number of carbonyl (C=O) groups excluding carboxylic acids is 2. The van der Waals surface area contributed by atoms with Gasteiger partial charge in [-0.25, -0.2) is 4.79 Å². The van der Waals surface area contributed by atoms with E-state index < -0.39 is 17.9 Å². The molecule has 21 heavy (non-hydrogen) atoms. The molecule has 1 aromatic heterocycles. The molecule has 6 nitrogen and oxygen atoms in total. The summed E-state index contributed by atoms with van der Waals surface area (Å²) in [6.07, 6.45) is 0. The number of thioether (sulfide) groups is 1. The van der Waals surface area contributed by atoms with Crippen LogP contribution in [-0.2, 0) is 9.53 Å². The van der Waals surface area contributed by atoms with E-state index in [0.717, 1.165) is 5.75 Å². The molecule has 1 saturated heterocycles. The minimum Gasteiger partial charge on any atom is -0.464 e. The summed E-state index contributed by atoms with van der Waals surface area (Å²) in [4.78, 5) is 26.0. The molecular formula is C12H13Cl2N3O3S. The maximum atomic E-state index is 12.6. The summed E-state index contributed by atoms with van der Waals surface area (Å²) in [6.45, 7) is 2.43. The van der Waals surface area contributed by atoms with Crippen LogP contribution >= 0.6 is 35.0 Å². The number of ether oxygens (including phenoxy) is 1. The van der Waals surface area contributed by atoms with E-state index in [2.05, 4.69) is 10.2 Å². The molecule has 0 aliphatic carbocycles. The lowest BCUT2D eigenvalue weighted by molar-refractivity contribution is -0.147. The molecule has 1 amide bonds. The van der Waals surface area contributed by atoms with Crippen LogP contribution in [0.1, 0.15) is 17.3 Å². The van der Waals surface area contributed by atoms with Gasteiger partial charge in [0.05, 0.1) is 12.2 Å². The molecule has 0 saturated carbocycles. The zero-order valence-corrected chi connectivity index (χ0v) is 13.5. The molecule has 9 heteroatoms. The van der Waals surface area contributed by atoms with Gasteiger partial charge >= 0.3 is 5.97 Å². The Labute approximate surface area is 136 Å². The van der Waals surface area contributed by atoms with E-state index >= 15 is 0 Å². The van der Waals surface area contributed by atoms with E-state index in [9.17, 15) is 9.59 Å². The molecule has 0 spiro atoms. The molecule has 2 heterocycles. The average Bonchev–Trinajstić information content (AvgIpc) is 2.49. The zero-order chi connectivity index (χ0) is 15.4. The molecule has 0 N–H and O–H groups in total. The Hall–Kier alpha value is -1.05. The fourth-order valence-corrected chi connectivity index (χ4v) is 3.29. The van der Waals surface area contributed by atoms with Crippen molar-refractivity contribution in [2.24, 2.45) is 0 Å². The Morgan fingerprint density at radius 2 is 2.24 bits per heavy atom. The monoisotopic (exact) mass is 349 g/mol. The molecule has 1 fully saturated rings. The maximum Gasteiger partial charge on any atom is 0.329 e. The molecular weight excluding hydrogens is 337 g/mol. The zero-order valence-electron chi connectivity index (χ0n) is 11.2. The van der Waals surface area contributed by atoms with Crippen LogP contribution in [0, 0.1) is 0 Å². The van der Waals surface area contributed by atoms with Gasteiger partial charge in [-0.05, 0) is 13.0 Å². The van der Waals surface area contributed by atoms with E-state index in [-0.39, 0.29) is 22.5 Å². The van der Waals surface area contributed by atoms with Crippen molar-refractivity contribution in [3.8, 4) is 0 Å². The third-order valence-electron chi connectivity index (χ3n) is 2.90. The van der Waals surface area contributed by atoms with Crippen LogP contribution in [0.2, 0.25) is 10.3 Å². The molecule has 114 valence electrons. The fourth-order valence-electron chi connectivity index (χ4n) is 1.94. The predicted molar refractivity (Wildman–Crippen MR) is 80.8 cm³/mol. The molecule has 0 radical (unpaired) electrons. The Morgan fingerprint density at radius 1 is 1.48 bits per heavy atom. The molecule has 2 rings (SSSR count). The SMILES string of the molecule is CCOC(=O)C1CSCCN1C(=O)c1cc(Cl)nnc1Cl. The van der Waals surface area contributed by atoms with Gasteiger partial charge < -0.3 is 9.64 Å². The molecule has 1 aliphatic rings. The van der Waals surface area contributed by atoms with Crippen LogP contribution in [0.25, 0.3) is 0 Å². The van der Waals surface area contributed by atoms with Crippen molar-refractivity contribution >= 4 is 46.8 Å². The Morgan fingerprint density at radius 3 is 2.95 bits per heavy atom. The molecule has 1 aromatic rings.